The lowest BCUT2D eigenvalue weighted by molar-refractivity contribution is 0.101. The summed E-state index contributed by atoms with van der Waals surface area (Å²) < 4.78 is 15.4. The van der Waals surface area contributed by atoms with E-state index in [1.807, 2.05) is 6.07 Å². The molecule has 0 aromatic carbocycles. The van der Waals surface area contributed by atoms with Crippen LogP contribution in [0.4, 0.5) is 21.6 Å². The number of halogens is 1. The van der Waals surface area contributed by atoms with Crippen LogP contribution >= 0.6 is 0 Å². The van der Waals surface area contributed by atoms with Crippen molar-refractivity contribution in [1.82, 2.24) is 19.6 Å². The van der Waals surface area contributed by atoms with Crippen LogP contribution in [0.1, 0.15) is 49.0 Å². The highest BCUT2D eigenvalue weighted by atomic mass is 19.1. The van der Waals surface area contributed by atoms with E-state index in [0.717, 1.165) is 50.4 Å². The van der Waals surface area contributed by atoms with E-state index in [4.69, 9.17) is 0 Å². The minimum Gasteiger partial charge on any atom is -0.391 e. The van der Waals surface area contributed by atoms with Crippen molar-refractivity contribution in [2.45, 2.75) is 56.7 Å². The van der Waals surface area contributed by atoms with Crippen molar-refractivity contribution in [2.24, 2.45) is 0 Å². The van der Waals surface area contributed by atoms with Gasteiger partial charge in [0.15, 0.2) is 17.2 Å². The van der Waals surface area contributed by atoms with Gasteiger partial charge in [0.05, 0.1) is 35.9 Å². The molecule has 4 N–H and O–H groups in total. The summed E-state index contributed by atoms with van der Waals surface area (Å²) in [4.78, 5) is 20.9. The van der Waals surface area contributed by atoms with E-state index >= 15 is 0 Å². The van der Waals surface area contributed by atoms with Crippen LogP contribution < -0.4 is 16.0 Å². The lowest BCUT2D eigenvalue weighted by Crippen LogP contribution is -2.36. The Bertz CT molecular complexity index is 1110. The minimum absolute atomic E-state index is 0.0332. The molecule has 0 unspecified atom stereocenters. The van der Waals surface area contributed by atoms with Gasteiger partial charge in [0.25, 0.3) is 5.91 Å². The fourth-order valence-corrected chi connectivity index (χ4v) is 3.88. The molecule has 3 heterocycles. The largest absolute Gasteiger partial charge is 0.391 e. The Kier molecular flexibility index (Phi) is 5.14. The van der Waals surface area contributed by atoms with Gasteiger partial charge in [0, 0.05) is 18.3 Å². The average Bonchev–Trinajstić information content (AvgIpc) is 3.47. The van der Waals surface area contributed by atoms with E-state index in [9.17, 15) is 14.3 Å². The number of amides is 1. The number of carbonyl (C=O) groups excluding carboxylic acids is 1. The first-order valence-electron chi connectivity index (χ1n) is 10.6. The van der Waals surface area contributed by atoms with E-state index in [-0.39, 0.29) is 17.4 Å². The highest BCUT2D eigenvalue weighted by Gasteiger charge is 2.26. The predicted molar refractivity (Wildman–Crippen MR) is 114 cm³/mol. The molecule has 0 radical (unpaired) electrons. The molecular formula is C21H24FN7O2. The van der Waals surface area contributed by atoms with Crippen molar-refractivity contribution in [3.05, 3.63) is 42.2 Å². The van der Waals surface area contributed by atoms with Crippen molar-refractivity contribution in [3.63, 3.8) is 0 Å². The maximum Gasteiger partial charge on any atom is 0.276 e. The van der Waals surface area contributed by atoms with Gasteiger partial charge in [0.2, 0.25) is 0 Å². The quantitative estimate of drug-likeness (QED) is 0.480. The SMILES string of the molecule is O=C(Nc1ccncc1F)c1cnc2c(NC3CC3)cc(N[C@@H]3CCCC[C@@H]3O)nn12. The van der Waals surface area contributed by atoms with Crippen LogP contribution in [0.15, 0.2) is 30.7 Å². The second-order valence-corrected chi connectivity index (χ2v) is 8.15. The Labute approximate surface area is 178 Å². The molecule has 162 valence electrons. The zero-order valence-corrected chi connectivity index (χ0v) is 16.9. The van der Waals surface area contributed by atoms with Crippen LogP contribution in [0.3, 0.4) is 0 Å². The first kappa shape index (κ1) is 19.7. The number of aliphatic hydroxyl groups excluding tert-OH is 1. The summed E-state index contributed by atoms with van der Waals surface area (Å²) in [7, 11) is 0. The van der Waals surface area contributed by atoms with Crippen LogP contribution in [-0.4, -0.2) is 48.8 Å². The molecule has 2 aliphatic rings. The Balaban J connectivity index is 1.48. The third-order valence-electron chi connectivity index (χ3n) is 5.72. The highest BCUT2D eigenvalue weighted by molar-refractivity contribution is 6.03. The maximum atomic E-state index is 13.9. The molecule has 10 heteroatoms. The van der Waals surface area contributed by atoms with Gasteiger partial charge >= 0.3 is 0 Å². The number of nitrogens with one attached hydrogen (secondary N) is 3. The number of nitrogens with zero attached hydrogens (tertiary/aromatic N) is 4. The van der Waals surface area contributed by atoms with Crippen molar-refractivity contribution < 1.29 is 14.3 Å². The van der Waals surface area contributed by atoms with E-state index in [2.05, 4.69) is 31.0 Å². The first-order valence-corrected chi connectivity index (χ1v) is 10.6. The molecule has 9 nitrogen and oxygen atoms in total. The van der Waals surface area contributed by atoms with Gasteiger partial charge in [-0.25, -0.2) is 13.9 Å². The third-order valence-corrected chi connectivity index (χ3v) is 5.72. The fourth-order valence-electron chi connectivity index (χ4n) is 3.88. The van der Waals surface area contributed by atoms with Crippen LogP contribution in [0.5, 0.6) is 0 Å². The lowest BCUT2D eigenvalue weighted by Gasteiger charge is -2.28. The molecule has 2 aliphatic carbocycles. The van der Waals surface area contributed by atoms with E-state index in [1.165, 1.54) is 23.0 Å². The van der Waals surface area contributed by atoms with Crippen molar-refractivity contribution in [2.75, 3.05) is 16.0 Å². The molecule has 31 heavy (non-hydrogen) atoms. The predicted octanol–water partition coefficient (Wildman–Crippen LogP) is 2.81. The van der Waals surface area contributed by atoms with Crippen molar-refractivity contribution in [3.8, 4) is 0 Å². The molecular weight excluding hydrogens is 401 g/mol. The highest BCUT2D eigenvalue weighted by Crippen LogP contribution is 2.30. The summed E-state index contributed by atoms with van der Waals surface area (Å²) in [5, 5.41) is 24.2. The molecule has 2 atom stereocenters. The van der Waals surface area contributed by atoms with Gasteiger partial charge < -0.3 is 21.1 Å². The fraction of sp³-hybridized carbons (Fsp3) is 0.429. The Morgan fingerprint density at radius 3 is 2.74 bits per heavy atom. The monoisotopic (exact) mass is 425 g/mol. The molecule has 0 aliphatic heterocycles. The summed E-state index contributed by atoms with van der Waals surface area (Å²) in [6.45, 7) is 0. The number of rotatable bonds is 6. The molecule has 3 aromatic heterocycles. The zero-order chi connectivity index (χ0) is 21.4. The molecule has 0 spiro atoms. The number of aliphatic hydroxyl groups is 1. The number of anilines is 3. The van der Waals surface area contributed by atoms with Crippen molar-refractivity contribution >= 4 is 28.7 Å². The molecule has 0 bridgehead atoms. The van der Waals surface area contributed by atoms with Gasteiger partial charge in [-0.3, -0.25) is 9.78 Å². The number of pyridine rings is 1. The summed E-state index contributed by atoms with van der Waals surface area (Å²) >= 11 is 0. The van der Waals surface area contributed by atoms with E-state index in [0.29, 0.717) is 17.5 Å². The third kappa shape index (κ3) is 4.15. The molecule has 2 saturated carbocycles. The number of carbonyl (C=O) groups is 1. The Hall–Kier alpha value is -3.27. The minimum atomic E-state index is -0.623. The molecule has 5 rings (SSSR count). The lowest BCUT2D eigenvalue weighted by atomic mass is 9.92. The number of imidazole rings is 1. The van der Waals surface area contributed by atoms with Gasteiger partial charge in [-0.15, -0.1) is 5.10 Å². The van der Waals surface area contributed by atoms with Gasteiger partial charge in [0.1, 0.15) is 5.82 Å². The van der Waals surface area contributed by atoms with Crippen LogP contribution in [-0.2, 0) is 0 Å². The number of fused-ring (bicyclic) bond motifs is 1. The van der Waals surface area contributed by atoms with Crippen LogP contribution in [0.2, 0.25) is 0 Å². The normalized spacial score (nSPS) is 21.1. The number of hydrogen-bond donors (Lipinski definition) is 4. The average molecular weight is 425 g/mol. The second kappa shape index (κ2) is 8.10. The summed E-state index contributed by atoms with van der Waals surface area (Å²) in [5.74, 6) is -0.608. The number of hydrogen-bond acceptors (Lipinski definition) is 7. The molecule has 1 amide bonds. The maximum absolute atomic E-state index is 13.9. The first-order chi connectivity index (χ1) is 15.1. The van der Waals surface area contributed by atoms with Crippen LogP contribution in [0.25, 0.3) is 5.65 Å². The standard InChI is InChI=1S/C21H24FN7O2/c22-13-10-23-8-7-14(13)27-21(31)17-11-24-20-16(25-12-5-6-12)9-19(28-29(17)20)26-15-3-1-2-4-18(15)30/h7-12,15,18,25,30H,1-6H2,(H,26,28)(H,23,27,31)/t15-,18+/m1/s1. The number of aromatic nitrogens is 4. The van der Waals surface area contributed by atoms with Crippen LogP contribution in [0, 0.1) is 5.82 Å². The smallest absolute Gasteiger partial charge is 0.276 e. The molecule has 0 saturated heterocycles. The Morgan fingerprint density at radius 1 is 1.13 bits per heavy atom. The topological polar surface area (TPSA) is 116 Å². The summed E-state index contributed by atoms with van der Waals surface area (Å²) in [6, 6.07) is 3.53. The summed E-state index contributed by atoms with van der Waals surface area (Å²) in [6.07, 6.45) is 9.24. The van der Waals surface area contributed by atoms with Gasteiger partial charge in [-0.1, -0.05) is 12.8 Å². The van der Waals surface area contributed by atoms with Gasteiger partial charge in [-0.2, -0.15) is 0 Å². The Morgan fingerprint density at radius 2 is 1.97 bits per heavy atom. The van der Waals surface area contributed by atoms with Crippen molar-refractivity contribution in [1.29, 1.82) is 0 Å². The second-order valence-electron chi connectivity index (χ2n) is 8.15. The van der Waals surface area contributed by atoms with Gasteiger partial charge in [-0.05, 0) is 31.7 Å². The van der Waals surface area contributed by atoms with E-state index < -0.39 is 17.8 Å². The molecule has 3 aromatic rings. The zero-order valence-electron chi connectivity index (χ0n) is 16.9. The van der Waals surface area contributed by atoms with E-state index in [1.54, 1.807) is 0 Å². The summed E-state index contributed by atoms with van der Waals surface area (Å²) in [5.41, 5.74) is 1.49. The molecule has 2 fully saturated rings.